The Morgan fingerprint density at radius 2 is 2.03 bits per heavy atom. The summed E-state index contributed by atoms with van der Waals surface area (Å²) in [4.78, 5) is 22.6. The molecule has 0 N–H and O–H groups in total. The Hall–Kier alpha value is -2.00. The number of aromatic nitrogens is 3. The summed E-state index contributed by atoms with van der Waals surface area (Å²) in [6.07, 6.45) is 0.845. The van der Waals surface area contributed by atoms with Crippen LogP contribution in [0.1, 0.15) is 48.1 Å². The average Bonchev–Trinajstić information content (AvgIpc) is 3.39. The number of carbonyl (C=O) groups is 1. The van der Waals surface area contributed by atoms with Gasteiger partial charge in [0.25, 0.3) is 5.91 Å². The largest absolute Gasteiger partial charge is 0.379 e. The van der Waals surface area contributed by atoms with E-state index in [4.69, 9.17) is 21.3 Å². The molecule has 0 spiro atoms. The minimum absolute atomic E-state index is 0.123. The summed E-state index contributed by atoms with van der Waals surface area (Å²) in [6.45, 7) is 13.0. The molecule has 3 aromatic rings. The van der Waals surface area contributed by atoms with Crippen molar-refractivity contribution in [1.82, 2.24) is 19.7 Å². The molecule has 0 radical (unpaired) electrons. The van der Waals surface area contributed by atoms with Crippen LogP contribution < -0.4 is 4.90 Å². The summed E-state index contributed by atoms with van der Waals surface area (Å²) in [7, 11) is 0. The zero-order valence-electron chi connectivity index (χ0n) is 19.1. The lowest BCUT2D eigenvalue weighted by Crippen LogP contribution is -2.39. The molecule has 9 heteroatoms. The lowest BCUT2D eigenvalue weighted by atomic mass is 10.2. The van der Waals surface area contributed by atoms with E-state index in [1.54, 1.807) is 4.90 Å². The Bertz CT molecular complexity index is 1060. The van der Waals surface area contributed by atoms with E-state index in [0.717, 1.165) is 60.7 Å². The normalized spacial score (nSPS) is 15.1. The first kappa shape index (κ1) is 23.2. The van der Waals surface area contributed by atoms with Gasteiger partial charge in [0.1, 0.15) is 0 Å². The number of fused-ring (bicyclic) bond motifs is 1. The Morgan fingerprint density at radius 1 is 1.28 bits per heavy atom. The molecule has 172 valence electrons. The number of rotatable bonds is 7. The van der Waals surface area contributed by atoms with Crippen LogP contribution in [0.5, 0.6) is 0 Å². The molecule has 0 unspecified atom stereocenters. The number of thiazole rings is 1. The van der Waals surface area contributed by atoms with Crippen molar-refractivity contribution < 1.29 is 9.53 Å². The van der Waals surface area contributed by atoms with Crippen LogP contribution in [0.25, 0.3) is 10.2 Å². The van der Waals surface area contributed by atoms with Crippen molar-refractivity contribution in [1.29, 1.82) is 0 Å². The van der Waals surface area contributed by atoms with Crippen molar-refractivity contribution in [2.24, 2.45) is 0 Å². The zero-order chi connectivity index (χ0) is 22.8. The molecule has 32 heavy (non-hydrogen) atoms. The van der Waals surface area contributed by atoms with Crippen LogP contribution in [0.4, 0.5) is 5.13 Å². The van der Waals surface area contributed by atoms with Crippen molar-refractivity contribution in [2.45, 2.75) is 40.2 Å². The Balaban J connectivity index is 1.63. The number of halogens is 1. The van der Waals surface area contributed by atoms with E-state index in [0.29, 0.717) is 22.4 Å². The first-order valence-electron chi connectivity index (χ1n) is 11.1. The summed E-state index contributed by atoms with van der Waals surface area (Å²) in [5, 5.41) is 5.92. The van der Waals surface area contributed by atoms with Gasteiger partial charge in [0.2, 0.25) is 0 Å². The van der Waals surface area contributed by atoms with Gasteiger partial charge in [-0.3, -0.25) is 19.3 Å². The molecule has 7 nitrogen and oxygen atoms in total. The quantitative estimate of drug-likeness (QED) is 0.495. The second-order valence-corrected chi connectivity index (χ2v) is 9.90. The third-order valence-corrected chi connectivity index (χ3v) is 7.29. The van der Waals surface area contributed by atoms with Gasteiger partial charge in [-0.25, -0.2) is 4.98 Å². The predicted molar refractivity (Wildman–Crippen MR) is 130 cm³/mol. The molecule has 3 heterocycles. The second-order valence-electron chi connectivity index (χ2n) is 8.51. The topological polar surface area (TPSA) is 63.5 Å². The number of hydrogen-bond donors (Lipinski definition) is 0. The van der Waals surface area contributed by atoms with Gasteiger partial charge < -0.3 is 4.74 Å². The van der Waals surface area contributed by atoms with Gasteiger partial charge in [-0.05, 0) is 51.8 Å². The highest BCUT2D eigenvalue weighted by Crippen LogP contribution is 2.36. The first-order valence-corrected chi connectivity index (χ1v) is 12.3. The molecule has 0 bridgehead atoms. The van der Waals surface area contributed by atoms with Crippen LogP contribution in [0.2, 0.25) is 5.02 Å². The van der Waals surface area contributed by atoms with Gasteiger partial charge in [0.15, 0.2) is 10.8 Å². The molecule has 2 aromatic heterocycles. The summed E-state index contributed by atoms with van der Waals surface area (Å²) >= 11 is 7.91. The molecule has 1 aliphatic heterocycles. The minimum atomic E-state index is -0.123. The van der Waals surface area contributed by atoms with Gasteiger partial charge >= 0.3 is 0 Å². The number of benzene rings is 1. The fraction of sp³-hybridized carbons (Fsp3) is 0.522. The van der Waals surface area contributed by atoms with Crippen molar-refractivity contribution in [3.8, 4) is 0 Å². The Morgan fingerprint density at radius 3 is 2.69 bits per heavy atom. The molecule has 1 aromatic carbocycles. The maximum absolute atomic E-state index is 13.6. The van der Waals surface area contributed by atoms with E-state index in [2.05, 4.69) is 23.8 Å². The number of carbonyl (C=O) groups excluding carboxylic acids is 1. The van der Waals surface area contributed by atoms with Gasteiger partial charge in [-0.1, -0.05) is 29.0 Å². The third kappa shape index (κ3) is 4.83. The van der Waals surface area contributed by atoms with Crippen LogP contribution in [-0.4, -0.2) is 65.0 Å². The lowest BCUT2D eigenvalue weighted by Gasteiger charge is -2.27. The van der Waals surface area contributed by atoms with E-state index < -0.39 is 0 Å². The Kier molecular flexibility index (Phi) is 7.14. The number of morpholine rings is 1. The van der Waals surface area contributed by atoms with E-state index >= 15 is 0 Å². The molecule has 0 aliphatic carbocycles. The summed E-state index contributed by atoms with van der Waals surface area (Å²) in [5.41, 5.74) is 3.32. The molecule has 1 aliphatic rings. The number of amides is 1. The van der Waals surface area contributed by atoms with E-state index in [1.165, 1.54) is 11.3 Å². The summed E-state index contributed by atoms with van der Waals surface area (Å²) in [6, 6.07) is 5.91. The molecular formula is C23H30ClN5O2S. The van der Waals surface area contributed by atoms with Crippen LogP contribution in [0.15, 0.2) is 18.2 Å². The van der Waals surface area contributed by atoms with Gasteiger partial charge in [-0.15, -0.1) is 0 Å². The molecule has 1 amide bonds. The molecule has 1 fully saturated rings. The fourth-order valence-corrected chi connectivity index (χ4v) is 5.36. The molecule has 0 saturated carbocycles. The first-order chi connectivity index (χ1) is 15.3. The van der Waals surface area contributed by atoms with Crippen LogP contribution >= 0.6 is 22.9 Å². The highest BCUT2D eigenvalue weighted by atomic mass is 35.5. The summed E-state index contributed by atoms with van der Waals surface area (Å²) < 4.78 is 8.24. The van der Waals surface area contributed by atoms with Crippen molar-refractivity contribution in [2.75, 3.05) is 44.3 Å². The Labute approximate surface area is 197 Å². The summed E-state index contributed by atoms with van der Waals surface area (Å²) in [5.74, 6) is -0.123. The van der Waals surface area contributed by atoms with Gasteiger partial charge in [0, 0.05) is 37.9 Å². The average molecular weight is 476 g/mol. The van der Waals surface area contributed by atoms with Crippen molar-refractivity contribution >= 4 is 44.2 Å². The number of ether oxygens (including phenoxy) is 1. The van der Waals surface area contributed by atoms with Crippen molar-refractivity contribution in [3.05, 3.63) is 40.2 Å². The van der Waals surface area contributed by atoms with E-state index in [9.17, 15) is 4.79 Å². The number of anilines is 1. The number of nitrogens with zero attached hydrogens (tertiary/aromatic N) is 5. The molecular weight excluding hydrogens is 446 g/mol. The second kappa shape index (κ2) is 9.87. The molecule has 4 rings (SSSR count). The molecule has 0 atom stereocenters. The zero-order valence-corrected chi connectivity index (χ0v) is 20.7. The number of aryl methyl sites for hydroxylation is 2. The van der Waals surface area contributed by atoms with Gasteiger partial charge in [0.05, 0.1) is 28.5 Å². The third-order valence-electron chi connectivity index (χ3n) is 5.75. The maximum atomic E-state index is 13.6. The smallest absolute Gasteiger partial charge is 0.280 e. The maximum Gasteiger partial charge on any atom is 0.280 e. The number of hydrogen-bond acceptors (Lipinski definition) is 6. The monoisotopic (exact) mass is 475 g/mol. The van der Waals surface area contributed by atoms with Crippen LogP contribution in [0.3, 0.4) is 0 Å². The predicted octanol–water partition coefficient (Wildman–Crippen LogP) is 4.71. The van der Waals surface area contributed by atoms with Crippen LogP contribution in [-0.2, 0) is 4.74 Å². The van der Waals surface area contributed by atoms with E-state index in [1.807, 2.05) is 36.7 Å². The minimum Gasteiger partial charge on any atom is -0.379 e. The van der Waals surface area contributed by atoms with Crippen LogP contribution in [0, 0.1) is 13.8 Å². The van der Waals surface area contributed by atoms with E-state index in [-0.39, 0.29) is 11.9 Å². The standard InChI is InChI=1S/C23H30ClN5O2S/c1-15(2)29-17(4)14-19(26-29)22(30)28(9-5-8-27-10-12-31-13-11-27)23-25-20-16(3)6-7-18(24)21(20)32-23/h6-7,14-15H,5,8-13H2,1-4H3. The molecule has 1 saturated heterocycles. The van der Waals surface area contributed by atoms with Gasteiger partial charge in [-0.2, -0.15) is 5.10 Å². The SMILES string of the molecule is Cc1ccc(Cl)c2sc(N(CCCN3CCOCC3)C(=O)c3cc(C)n(C(C)C)n3)nc12. The highest BCUT2D eigenvalue weighted by Gasteiger charge is 2.25. The van der Waals surface area contributed by atoms with Crippen molar-refractivity contribution in [3.63, 3.8) is 0 Å². The fourth-order valence-electron chi connectivity index (χ4n) is 4.02. The highest BCUT2D eigenvalue weighted by molar-refractivity contribution is 7.23. The lowest BCUT2D eigenvalue weighted by molar-refractivity contribution is 0.0376.